The zero-order valence-corrected chi connectivity index (χ0v) is 55.9. The molecule has 6 aliphatic rings. The number of carbonyl (C=O) groups excluding carboxylic acids is 2. The highest BCUT2D eigenvalue weighted by atomic mass is 16.7. The van der Waals surface area contributed by atoms with Gasteiger partial charge in [-0.3, -0.25) is 9.59 Å². The van der Waals surface area contributed by atoms with Gasteiger partial charge in [-0.15, -0.1) is 0 Å². The van der Waals surface area contributed by atoms with Crippen molar-refractivity contribution in [3.05, 3.63) is 85.1 Å². The van der Waals surface area contributed by atoms with Gasteiger partial charge in [0.2, 0.25) is 0 Å². The third-order valence-corrected chi connectivity index (χ3v) is 18.9. The number of carbonyl (C=O) groups is 2. The molecule has 99 heavy (non-hydrogen) atoms. The van der Waals surface area contributed by atoms with Crippen molar-refractivity contribution in [1.82, 2.24) is 0 Å². The summed E-state index contributed by atoms with van der Waals surface area (Å²) >= 11 is 0. The maximum absolute atomic E-state index is 14.7. The molecule has 0 aliphatic carbocycles. The number of esters is 2. The van der Waals surface area contributed by atoms with E-state index in [9.17, 15) is 96.4 Å². The van der Waals surface area contributed by atoms with Gasteiger partial charge in [-0.2, -0.15) is 0 Å². The van der Waals surface area contributed by atoms with Crippen LogP contribution in [0.15, 0.2) is 85.1 Å². The molecule has 0 saturated carbocycles. The van der Waals surface area contributed by atoms with Gasteiger partial charge in [-0.1, -0.05) is 98.9 Å². The van der Waals surface area contributed by atoms with E-state index in [1.54, 1.807) is 93.7 Å². The van der Waals surface area contributed by atoms with Crippen LogP contribution in [0.5, 0.6) is 0 Å². The second-order valence-corrected chi connectivity index (χ2v) is 26.7. The lowest BCUT2D eigenvalue weighted by molar-refractivity contribution is -0.332. The van der Waals surface area contributed by atoms with Gasteiger partial charge in [0.05, 0.1) is 124 Å². The van der Waals surface area contributed by atoms with Gasteiger partial charge in [-0.05, 0) is 33.1 Å². The number of ether oxygens (including phenoxy) is 10. The number of rotatable bonds is 12. The Labute approximate surface area is 574 Å². The molecule has 0 amide bonds. The highest BCUT2D eigenvalue weighted by molar-refractivity contribution is 5.74. The van der Waals surface area contributed by atoms with E-state index in [0.717, 1.165) is 0 Å². The second kappa shape index (κ2) is 39.7. The second-order valence-electron chi connectivity index (χ2n) is 26.7. The SMILES string of the molecule is C[C@@H]1[C@H](O)[C@@H](C)/C=C/C=C/C=C/C=C/C=C/C=C/C=C/[C@H](OC2O[C@@H](C)[C@H](O)[C@@H](N)[C@H]2O)C[C@@H]2O[C@](O)(C[C@@H](O)C[C@@H](O)[C@H](O)CC[C@@H](O)C[C@@H](O)CC(=O)O[C@H]1C)C[C@H](O)[C@H]2C(=O)OCC1O[C@@H](O)C(N)[C@H](O)[C@@H]1CO[C@@H]1OC(CO)[C@@H](O[C@@H]2OC(CO)[C@@H](O)[C@@H](O)C2N)[C@@H](O)C1N. The molecular formula is C66H108N4O29. The van der Waals surface area contributed by atoms with E-state index < -0.39 is 272 Å². The summed E-state index contributed by atoms with van der Waals surface area (Å²) < 4.78 is 58.6. The molecule has 0 aromatic heterocycles. The summed E-state index contributed by atoms with van der Waals surface area (Å²) in [7, 11) is 0. The minimum absolute atomic E-state index is 0.192. The van der Waals surface area contributed by atoms with E-state index >= 15 is 0 Å². The Morgan fingerprint density at radius 2 is 1.12 bits per heavy atom. The summed E-state index contributed by atoms with van der Waals surface area (Å²) in [5, 5.41) is 187. The molecule has 0 radical (unpaired) electrons. The number of aliphatic hydroxyl groups excluding tert-OH is 16. The van der Waals surface area contributed by atoms with E-state index in [1.807, 2.05) is 0 Å². The highest BCUT2D eigenvalue weighted by Gasteiger charge is 2.54. The molecule has 566 valence electrons. The molecule has 0 aromatic carbocycles. The molecule has 34 atom stereocenters. The molecule has 33 nitrogen and oxygen atoms in total. The van der Waals surface area contributed by atoms with E-state index in [4.69, 9.17) is 70.3 Å². The lowest BCUT2D eigenvalue weighted by Gasteiger charge is -2.47. The monoisotopic (exact) mass is 1420 g/mol. The molecule has 25 N–H and O–H groups in total. The summed E-state index contributed by atoms with van der Waals surface area (Å²) in [6.07, 6.45) is -17.4. The van der Waals surface area contributed by atoms with Gasteiger partial charge in [-0.25, -0.2) is 0 Å². The van der Waals surface area contributed by atoms with Gasteiger partial charge < -0.3 is 157 Å². The first-order valence-electron chi connectivity index (χ1n) is 33.6. The maximum atomic E-state index is 14.7. The molecule has 6 aliphatic heterocycles. The summed E-state index contributed by atoms with van der Waals surface area (Å²) in [5.41, 5.74) is 24.7. The number of cyclic esters (lactones) is 1. The molecule has 7 unspecified atom stereocenters. The van der Waals surface area contributed by atoms with Crippen LogP contribution in [0.2, 0.25) is 0 Å². The summed E-state index contributed by atoms with van der Waals surface area (Å²) in [4.78, 5) is 27.5. The van der Waals surface area contributed by atoms with Gasteiger partial charge in [0.25, 0.3) is 0 Å². The lowest BCUT2D eigenvalue weighted by atomic mass is 9.82. The largest absolute Gasteiger partial charge is 0.463 e. The van der Waals surface area contributed by atoms with Crippen molar-refractivity contribution in [2.75, 3.05) is 26.4 Å². The van der Waals surface area contributed by atoms with Gasteiger partial charge in [0.1, 0.15) is 67.5 Å². The van der Waals surface area contributed by atoms with Crippen LogP contribution in [0.25, 0.3) is 0 Å². The highest BCUT2D eigenvalue weighted by Crippen LogP contribution is 2.40. The van der Waals surface area contributed by atoms with E-state index in [-0.39, 0.29) is 25.2 Å². The Bertz CT molecular complexity index is 2660. The Kier molecular flexibility index (Phi) is 33.7. The molecule has 5 fully saturated rings. The number of fused-ring (bicyclic) bond motifs is 2. The standard InChI is InChI=1S/C66H108N4O29/c1-31-17-15-13-11-9-7-5-6-8-10-12-14-16-18-38(94-65-59(86)49(67)54(81)34(4)93-65)24-43-48(42(78)26-66(89,99-43)25-37(75)22-41(77)40(76)20-19-35(73)21-36(74)23-47(79)92-33(3)32(2)53(31)80)61(87)90-30-46-39(55(82)50(68)62(88)95-46)29-91-63-52(70)58(85)60(45(28-72)97-63)98-64-51(69)57(84)56(83)44(27-71)96-64/h5-18,31-46,48-60,62-65,71-78,80-86,88-89H,19-30,67-70H2,1-4H3/b6-5+,9-7+,10-8+,13-11+,14-12+,17-15+,18-16+/t31-,32-,33-,34-,35+,36+,37-,38-,39+,40+,41+,42-,43-,44?,45?,46?,48+,49+,50?,51?,52?,53+,54-,55+,56+,57-,58-,59+,60+,62+,63+,64-,65?,66+/m0/s1. The fourth-order valence-electron chi connectivity index (χ4n) is 12.6. The molecule has 5 saturated heterocycles. The number of allylic oxidation sites excluding steroid dienone is 12. The molecule has 6 rings (SSSR count). The first-order chi connectivity index (χ1) is 46.8. The minimum atomic E-state index is -2.54. The fourth-order valence-corrected chi connectivity index (χ4v) is 12.6. The molecular weight excluding hydrogens is 1310 g/mol. The normalized spacial score (nSPS) is 48.1. The van der Waals surface area contributed by atoms with Crippen molar-refractivity contribution in [3.8, 4) is 0 Å². The van der Waals surface area contributed by atoms with Crippen molar-refractivity contribution in [1.29, 1.82) is 0 Å². The van der Waals surface area contributed by atoms with Crippen molar-refractivity contribution in [3.63, 3.8) is 0 Å². The van der Waals surface area contributed by atoms with Gasteiger partial charge >= 0.3 is 11.9 Å². The fraction of sp³-hybridized carbons (Fsp3) is 0.758. The van der Waals surface area contributed by atoms with Crippen molar-refractivity contribution in [2.45, 2.75) is 262 Å². The van der Waals surface area contributed by atoms with Crippen LogP contribution in [0.3, 0.4) is 0 Å². The predicted molar refractivity (Wildman–Crippen MR) is 345 cm³/mol. The minimum Gasteiger partial charge on any atom is -0.463 e. The van der Waals surface area contributed by atoms with Crippen LogP contribution >= 0.6 is 0 Å². The maximum Gasteiger partial charge on any atom is 0.314 e. The summed E-state index contributed by atoms with van der Waals surface area (Å²) in [5.74, 6) is -8.49. The zero-order valence-electron chi connectivity index (χ0n) is 55.9. The van der Waals surface area contributed by atoms with Crippen molar-refractivity contribution in [2.24, 2.45) is 46.6 Å². The predicted octanol–water partition coefficient (Wildman–Crippen LogP) is -6.23. The number of hydrogen-bond donors (Lipinski definition) is 21. The Balaban J connectivity index is 1.24. The Morgan fingerprint density at radius 1 is 0.525 bits per heavy atom. The molecule has 6 heterocycles. The van der Waals surface area contributed by atoms with E-state index in [1.165, 1.54) is 19.1 Å². The van der Waals surface area contributed by atoms with Crippen LogP contribution in [0.4, 0.5) is 0 Å². The Morgan fingerprint density at radius 3 is 1.75 bits per heavy atom. The van der Waals surface area contributed by atoms with E-state index in [2.05, 4.69) is 0 Å². The van der Waals surface area contributed by atoms with Gasteiger partial charge in [0, 0.05) is 43.4 Å². The third kappa shape index (κ3) is 23.7. The van der Waals surface area contributed by atoms with Crippen LogP contribution < -0.4 is 22.9 Å². The lowest BCUT2D eigenvalue weighted by Crippen LogP contribution is -2.68. The quantitative estimate of drug-likeness (QED) is 0.0809. The first-order valence-corrected chi connectivity index (χ1v) is 33.6. The summed E-state index contributed by atoms with van der Waals surface area (Å²) in [6, 6.07) is -5.69. The molecule has 2 bridgehead atoms. The third-order valence-electron chi connectivity index (χ3n) is 18.9. The zero-order chi connectivity index (χ0) is 73.2. The summed E-state index contributed by atoms with van der Waals surface area (Å²) in [6.45, 7) is 3.58. The Hall–Kier alpha value is -4.04. The molecule has 33 heteroatoms. The van der Waals surface area contributed by atoms with Crippen LogP contribution in [0.1, 0.15) is 79.1 Å². The van der Waals surface area contributed by atoms with E-state index in [0.29, 0.717) is 0 Å². The van der Waals surface area contributed by atoms with Crippen LogP contribution in [-0.4, -0.2) is 308 Å². The first kappa shape index (κ1) is 83.9. The van der Waals surface area contributed by atoms with Crippen molar-refractivity contribution < 1.29 is 144 Å². The number of nitrogens with two attached hydrogens (primary N) is 4. The van der Waals surface area contributed by atoms with Gasteiger partial charge in [0.15, 0.2) is 30.9 Å². The topological polar surface area (TPSA) is 574 Å². The van der Waals surface area contributed by atoms with Crippen LogP contribution in [-0.2, 0) is 57.0 Å². The molecule has 0 aromatic rings. The average molecular weight is 1420 g/mol. The molecule has 0 spiro atoms. The average Bonchev–Trinajstić information content (AvgIpc) is 0.790. The number of aliphatic hydroxyl groups is 17. The number of hydrogen-bond acceptors (Lipinski definition) is 33. The van der Waals surface area contributed by atoms with Crippen molar-refractivity contribution >= 4 is 11.9 Å². The van der Waals surface area contributed by atoms with Crippen LogP contribution in [0, 0.1) is 23.7 Å². The smallest absolute Gasteiger partial charge is 0.314 e.